The highest BCUT2D eigenvalue weighted by atomic mass is 35.5. The molecule has 4 heterocycles. The number of hydrogen-bond donors (Lipinski definition) is 2. The Kier molecular flexibility index (Phi) is 6.61. The number of hydrogen-bond acceptors (Lipinski definition) is 8. The number of nitrogens with one attached hydrogen (secondary N) is 1. The maximum Gasteiger partial charge on any atom is 0.314 e. The van der Waals surface area contributed by atoms with E-state index in [-0.39, 0.29) is 18.3 Å². The van der Waals surface area contributed by atoms with Crippen LogP contribution in [0, 0.1) is 0 Å². The van der Waals surface area contributed by atoms with Crippen LogP contribution in [-0.2, 0) is 14.5 Å². The molecular weight excluding hydrogens is 528 g/mol. The van der Waals surface area contributed by atoms with Gasteiger partial charge in [-0.15, -0.1) is 0 Å². The summed E-state index contributed by atoms with van der Waals surface area (Å²) in [4.78, 5) is 15.9. The molecule has 0 spiro atoms. The number of fused-ring (bicyclic) bond motifs is 1. The van der Waals surface area contributed by atoms with Crippen molar-refractivity contribution in [3.8, 4) is 28.5 Å². The Bertz CT molecular complexity index is 1560. The summed E-state index contributed by atoms with van der Waals surface area (Å²) in [7, 11) is -2.27. The third-order valence-corrected chi connectivity index (χ3v) is 6.60. The molecule has 1 aromatic carbocycles. The summed E-state index contributed by atoms with van der Waals surface area (Å²) in [6.45, 7) is -1.20. The molecule has 1 aliphatic heterocycles. The molecule has 2 atom stereocenters. The molecule has 5 rings (SSSR count). The molecule has 13 heteroatoms. The number of ether oxygens (including phenoxy) is 2. The summed E-state index contributed by atoms with van der Waals surface area (Å²) in [5, 5.41) is 9.40. The second-order valence-corrected chi connectivity index (χ2v) is 11.7. The smallest absolute Gasteiger partial charge is 0.314 e. The van der Waals surface area contributed by atoms with Crippen LogP contribution in [0.1, 0.15) is 0 Å². The fraction of sp³-hybridized carbons (Fsp3) is 0.292. The molecule has 2 N–H and O–H groups in total. The van der Waals surface area contributed by atoms with Crippen LogP contribution in [0.3, 0.4) is 0 Å². The first kappa shape index (κ1) is 25.5. The van der Waals surface area contributed by atoms with Gasteiger partial charge in [-0.25, -0.2) is 9.19 Å². The summed E-state index contributed by atoms with van der Waals surface area (Å²) in [6, 6.07) is 12.4. The van der Waals surface area contributed by atoms with E-state index in [2.05, 4.69) is 24.3 Å². The first-order valence-corrected chi connectivity index (χ1v) is 13.8. The van der Waals surface area contributed by atoms with Crippen molar-refractivity contribution >= 4 is 38.2 Å². The van der Waals surface area contributed by atoms with Gasteiger partial charge < -0.3 is 19.6 Å². The van der Waals surface area contributed by atoms with E-state index in [1.807, 2.05) is 24.3 Å². The number of H-pyrrole nitrogens is 1. The van der Waals surface area contributed by atoms with Gasteiger partial charge in [0.05, 0.1) is 47.0 Å². The Hall–Kier alpha value is -3.19. The second-order valence-electron chi connectivity index (χ2n) is 8.77. The maximum atomic E-state index is 14.3. The fourth-order valence-corrected chi connectivity index (χ4v) is 4.75. The summed E-state index contributed by atoms with van der Waals surface area (Å²) in [5.74, 6) is -3.37. The molecule has 1 aliphatic rings. The zero-order valence-electron chi connectivity index (χ0n) is 19.7. The third kappa shape index (κ3) is 5.28. The van der Waals surface area contributed by atoms with E-state index in [1.165, 1.54) is 0 Å². The zero-order valence-corrected chi connectivity index (χ0v) is 21.3. The van der Waals surface area contributed by atoms with E-state index in [0.29, 0.717) is 33.2 Å². The fourth-order valence-electron chi connectivity index (χ4n) is 3.87. The molecular formula is C24H22ClF2N5O4S. The van der Waals surface area contributed by atoms with Crippen molar-refractivity contribution in [3.05, 3.63) is 53.7 Å². The van der Waals surface area contributed by atoms with Crippen LogP contribution in [0.2, 0.25) is 5.02 Å². The van der Waals surface area contributed by atoms with Crippen LogP contribution in [0.25, 0.3) is 33.7 Å². The molecule has 0 saturated carbocycles. The van der Waals surface area contributed by atoms with Gasteiger partial charge in [-0.3, -0.25) is 4.98 Å². The number of halogens is 3. The second kappa shape index (κ2) is 9.60. The predicted molar refractivity (Wildman–Crippen MR) is 136 cm³/mol. The topological polar surface area (TPSA) is 123 Å². The molecule has 4 aromatic rings. The molecule has 0 radical (unpaired) electrons. The Labute approximate surface area is 216 Å². The van der Waals surface area contributed by atoms with Gasteiger partial charge in [0, 0.05) is 33.4 Å². The molecule has 37 heavy (non-hydrogen) atoms. The van der Waals surface area contributed by atoms with Crippen LogP contribution >= 0.6 is 11.6 Å². The molecule has 0 amide bonds. The minimum absolute atomic E-state index is 0.152. The lowest BCUT2D eigenvalue weighted by Crippen LogP contribution is -2.43. The number of nitrogens with zero attached hydrogens (tertiary/aromatic N) is 4. The van der Waals surface area contributed by atoms with E-state index < -0.39 is 34.5 Å². The lowest BCUT2D eigenvalue weighted by atomic mass is 10.1. The molecule has 0 bridgehead atoms. The highest BCUT2D eigenvalue weighted by molar-refractivity contribution is 7.92. The first-order chi connectivity index (χ1) is 17.5. The van der Waals surface area contributed by atoms with Gasteiger partial charge in [0.1, 0.15) is 6.10 Å². The minimum atomic E-state index is -3.37. The number of rotatable bonds is 6. The minimum Gasteiger partial charge on any atom is -0.452 e. The summed E-state index contributed by atoms with van der Waals surface area (Å²) >= 11 is 6.46. The summed E-state index contributed by atoms with van der Waals surface area (Å²) in [5.41, 5.74) is 3.92. The molecule has 1 fully saturated rings. The van der Waals surface area contributed by atoms with Crippen LogP contribution in [0.4, 0.5) is 14.5 Å². The van der Waals surface area contributed by atoms with Crippen molar-refractivity contribution in [1.29, 1.82) is 0 Å². The van der Waals surface area contributed by atoms with Crippen molar-refractivity contribution < 1.29 is 27.6 Å². The highest BCUT2D eigenvalue weighted by Gasteiger charge is 2.55. The van der Waals surface area contributed by atoms with E-state index in [1.54, 1.807) is 36.9 Å². The number of pyridine rings is 2. The molecule has 3 aromatic heterocycles. The van der Waals surface area contributed by atoms with Crippen molar-refractivity contribution in [2.75, 3.05) is 25.7 Å². The Morgan fingerprint density at radius 2 is 1.95 bits per heavy atom. The van der Waals surface area contributed by atoms with Crippen molar-refractivity contribution in [2.45, 2.75) is 18.1 Å². The lowest BCUT2D eigenvalue weighted by molar-refractivity contribution is -0.118. The van der Waals surface area contributed by atoms with E-state index in [0.717, 1.165) is 5.56 Å². The number of aliphatic hydroxyl groups excluding tert-OH is 1. The largest absolute Gasteiger partial charge is 0.452 e. The highest BCUT2D eigenvalue weighted by Crippen LogP contribution is 2.35. The Morgan fingerprint density at radius 3 is 2.57 bits per heavy atom. The average molecular weight is 550 g/mol. The van der Waals surface area contributed by atoms with Gasteiger partial charge in [0.25, 0.3) is 6.01 Å². The quantitative estimate of drug-likeness (QED) is 0.364. The molecule has 9 nitrogen and oxygen atoms in total. The molecule has 1 saturated heterocycles. The monoisotopic (exact) mass is 549 g/mol. The average Bonchev–Trinajstić information content (AvgIpc) is 3.36. The summed E-state index contributed by atoms with van der Waals surface area (Å²) < 4.78 is 54.8. The van der Waals surface area contributed by atoms with Gasteiger partial charge >= 0.3 is 5.92 Å². The van der Waals surface area contributed by atoms with Crippen LogP contribution in [0.5, 0.6) is 6.01 Å². The molecule has 0 unspecified atom stereocenters. The van der Waals surface area contributed by atoms with Gasteiger partial charge in [0.2, 0.25) is 0 Å². The summed E-state index contributed by atoms with van der Waals surface area (Å²) in [6.07, 6.45) is 1.46. The van der Waals surface area contributed by atoms with Gasteiger partial charge in [-0.1, -0.05) is 35.9 Å². The zero-order chi connectivity index (χ0) is 26.4. The van der Waals surface area contributed by atoms with Crippen molar-refractivity contribution in [3.63, 3.8) is 0 Å². The van der Waals surface area contributed by atoms with Gasteiger partial charge in [-0.05, 0) is 18.2 Å². The van der Waals surface area contributed by atoms with Crippen molar-refractivity contribution in [2.24, 2.45) is 4.36 Å². The van der Waals surface area contributed by atoms with Gasteiger partial charge in [0.15, 0.2) is 11.8 Å². The first-order valence-electron chi connectivity index (χ1n) is 11.1. The Morgan fingerprint density at radius 1 is 1.22 bits per heavy atom. The Balaban J connectivity index is 1.37. The van der Waals surface area contributed by atoms with Crippen LogP contribution in [0.15, 0.2) is 53.0 Å². The van der Waals surface area contributed by atoms with E-state index in [4.69, 9.17) is 26.2 Å². The molecule has 0 aliphatic carbocycles. The molecule has 194 valence electrons. The predicted octanol–water partition coefficient (Wildman–Crippen LogP) is 4.47. The standard InChI is InChI=1S/C24H22ClF2N5O4S/c1-37(2,34)32-15-7-8-17(28-10-15)13-3-5-14(6-4-13)21-16(25)9-18-22(30-21)31-23(29-18)36-20-12-35-19(11-33)24(20,26)27/h3-10,19-20,33H,11-12H2,1-2H3,(H,29,30,31)/t19-,20-/m1/s1. The lowest BCUT2D eigenvalue weighted by Gasteiger charge is -2.20. The SMILES string of the molecule is CS(C)(=O)=Nc1ccc(-c2ccc(-c3nc4nc(O[C@@H]5CO[C@H](CO)C5(F)F)[nH]c4cc3Cl)cc2)nc1. The van der Waals surface area contributed by atoms with E-state index in [9.17, 15) is 13.0 Å². The van der Waals surface area contributed by atoms with Gasteiger partial charge in [-0.2, -0.15) is 18.1 Å². The van der Waals surface area contributed by atoms with Crippen molar-refractivity contribution in [1.82, 2.24) is 19.9 Å². The number of aromatic amines is 1. The normalized spacial score (nSPS) is 19.3. The third-order valence-electron chi connectivity index (χ3n) is 5.66. The maximum absolute atomic E-state index is 14.3. The van der Waals surface area contributed by atoms with Crippen LogP contribution < -0.4 is 4.74 Å². The number of benzene rings is 1. The number of imidazole rings is 1. The van der Waals surface area contributed by atoms with E-state index >= 15 is 0 Å². The van der Waals surface area contributed by atoms with Crippen LogP contribution in [-0.4, -0.2) is 73.1 Å². The number of aromatic nitrogens is 4. The number of aliphatic hydroxyl groups is 1. The number of alkyl halides is 2.